The van der Waals surface area contributed by atoms with Crippen molar-refractivity contribution in [3.63, 3.8) is 0 Å². The molecule has 6 heteroatoms. The largest absolute Gasteiger partial charge is 0.266 e. The van der Waals surface area contributed by atoms with E-state index in [4.69, 9.17) is 46.4 Å². The second kappa shape index (κ2) is 7.96. The third-order valence-corrected chi connectivity index (χ3v) is 1.50. The minimum absolute atomic E-state index is 1.61. The molecule has 0 radical (unpaired) electrons. The average molecular weight is 248 g/mol. The molecule has 9 heavy (non-hydrogen) atoms. The molecule has 0 aliphatic rings. The van der Waals surface area contributed by atoms with Gasteiger partial charge < -0.3 is 0 Å². The summed E-state index contributed by atoms with van der Waals surface area (Å²) in [6.45, 7) is 0. The van der Waals surface area contributed by atoms with Gasteiger partial charge in [-0.2, -0.15) is 0 Å². The Hall–Kier alpha value is 1.86. The lowest BCUT2D eigenvalue weighted by atomic mass is 11.8. The van der Waals surface area contributed by atoms with E-state index in [1.54, 1.807) is 21.6 Å². The van der Waals surface area contributed by atoms with Gasteiger partial charge in [-0.05, 0) is 12.5 Å². The molecular weight excluding hydrogens is 242 g/mol. The van der Waals surface area contributed by atoms with Gasteiger partial charge in [0.05, 0.1) is 0 Å². The van der Waals surface area contributed by atoms with Crippen molar-refractivity contribution >= 4 is 68.0 Å². The minimum Gasteiger partial charge on any atom is -0.0979 e. The van der Waals surface area contributed by atoms with Gasteiger partial charge in [0, 0.05) is 0 Å². The third kappa shape index (κ3) is 74.5. The van der Waals surface area contributed by atoms with Crippen molar-refractivity contribution in [2.45, 2.75) is 3.25 Å². The van der Waals surface area contributed by atoms with Gasteiger partial charge in [0.2, 0.25) is 0 Å². The Kier molecular flexibility index (Phi) is 11.9. The summed E-state index contributed by atoms with van der Waals surface area (Å²) in [5.74, 6) is 0. The van der Waals surface area contributed by atoms with Crippen LogP contribution >= 0.6 is 68.0 Å². The molecular formula is C3H6Cl4S2. The first-order valence-corrected chi connectivity index (χ1v) is 6.22. The van der Waals surface area contributed by atoms with E-state index in [2.05, 4.69) is 12.5 Å². The van der Waals surface area contributed by atoms with E-state index in [1.807, 2.05) is 0 Å². The van der Waals surface area contributed by atoms with E-state index in [1.165, 1.54) is 0 Å². The van der Waals surface area contributed by atoms with Crippen LogP contribution in [0.4, 0.5) is 0 Å². The van der Waals surface area contributed by atoms with Crippen LogP contribution in [-0.4, -0.2) is 15.8 Å². The van der Waals surface area contributed by atoms with Crippen molar-refractivity contribution in [3.05, 3.63) is 0 Å². The van der Waals surface area contributed by atoms with Crippen molar-refractivity contribution in [1.82, 2.24) is 0 Å². The number of alkyl halides is 4. The Morgan fingerprint density at radius 3 is 1.00 bits per heavy atom. The zero-order chi connectivity index (χ0) is 7.91. The molecule has 0 spiro atoms. The second-order valence-corrected chi connectivity index (χ2v) is 6.86. The standard InChI is InChI=1S/C2H6S2.CCl4/c1-3-4-2;2-1(3,4)5/h1-2H3;. The number of halogens is 4. The molecule has 0 N–H and O–H groups in total. The topological polar surface area (TPSA) is 0 Å². The summed E-state index contributed by atoms with van der Waals surface area (Å²) in [5, 5.41) is 0. The first-order valence-electron chi connectivity index (χ1n) is 1.74. The lowest BCUT2D eigenvalue weighted by Gasteiger charge is -1.91. The molecule has 0 unspecified atom stereocenters. The van der Waals surface area contributed by atoms with Gasteiger partial charge in [0.25, 0.3) is 3.25 Å². The average Bonchev–Trinajstić information content (AvgIpc) is 1.61. The molecule has 0 aromatic carbocycles. The molecule has 0 atom stereocenters. The smallest absolute Gasteiger partial charge is 0.0979 e. The normalized spacial score (nSPS) is 10.0. The highest BCUT2D eigenvalue weighted by molar-refractivity contribution is 8.76. The van der Waals surface area contributed by atoms with Gasteiger partial charge in [0.1, 0.15) is 0 Å². The van der Waals surface area contributed by atoms with E-state index < -0.39 is 3.25 Å². The lowest BCUT2D eigenvalue weighted by molar-refractivity contribution is 1.76. The van der Waals surface area contributed by atoms with Crippen LogP contribution in [0.25, 0.3) is 0 Å². The Balaban J connectivity index is 0. The van der Waals surface area contributed by atoms with Crippen LogP contribution in [0.3, 0.4) is 0 Å². The molecule has 0 heterocycles. The molecule has 0 aliphatic carbocycles. The van der Waals surface area contributed by atoms with Gasteiger partial charge in [-0.3, -0.25) is 0 Å². The highest BCUT2D eigenvalue weighted by atomic mass is 35.6. The van der Waals surface area contributed by atoms with Crippen LogP contribution in [0.15, 0.2) is 0 Å². The van der Waals surface area contributed by atoms with Crippen molar-refractivity contribution in [1.29, 1.82) is 0 Å². The monoisotopic (exact) mass is 246 g/mol. The van der Waals surface area contributed by atoms with Crippen molar-refractivity contribution < 1.29 is 0 Å². The quantitative estimate of drug-likeness (QED) is 0.504. The molecule has 0 aliphatic heterocycles. The van der Waals surface area contributed by atoms with Crippen molar-refractivity contribution in [3.8, 4) is 0 Å². The maximum Gasteiger partial charge on any atom is 0.266 e. The van der Waals surface area contributed by atoms with Gasteiger partial charge in [0.15, 0.2) is 0 Å². The van der Waals surface area contributed by atoms with E-state index in [-0.39, 0.29) is 0 Å². The predicted molar refractivity (Wildman–Crippen MR) is 53.2 cm³/mol. The molecule has 0 bridgehead atoms. The summed E-state index contributed by atoms with van der Waals surface area (Å²) in [4.78, 5) is 0. The molecule has 0 rings (SSSR count). The minimum atomic E-state index is -1.61. The molecule has 58 valence electrons. The fraction of sp³-hybridized carbons (Fsp3) is 1.00. The van der Waals surface area contributed by atoms with Crippen LogP contribution in [0.5, 0.6) is 0 Å². The van der Waals surface area contributed by atoms with Crippen molar-refractivity contribution in [2.75, 3.05) is 12.5 Å². The van der Waals surface area contributed by atoms with Gasteiger partial charge >= 0.3 is 0 Å². The summed E-state index contributed by atoms with van der Waals surface area (Å²) in [7, 11) is 3.55. The first kappa shape index (κ1) is 13.4. The van der Waals surface area contributed by atoms with Crippen LogP contribution in [0.1, 0.15) is 0 Å². The maximum atomic E-state index is 4.83. The fourth-order valence-corrected chi connectivity index (χ4v) is 0. The van der Waals surface area contributed by atoms with Gasteiger partial charge in [-0.15, -0.1) is 0 Å². The molecule has 0 amide bonds. The van der Waals surface area contributed by atoms with E-state index in [0.29, 0.717) is 0 Å². The number of hydrogen-bond acceptors (Lipinski definition) is 2. The molecule has 0 aromatic heterocycles. The zero-order valence-corrected chi connectivity index (χ0v) is 9.49. The molecule has 0 nitrogen and oxygen atoms in total. The summed E-state index contributed by atoms with van der Waals surface area (Å²) >= 11 is 19.3. The molecule has 0 saturated heterocycles. The van der Waals surface area contributed by atoms with Crippen LogP contribution in [0.2, 0.25) is 0 Å². The van der Waals surface area contributed by atoms with Gasteiger partial charge in [-0.25, -0.2) is 0 Å². The summed E-state index contributed by atoms with van der Waals surface area (Å²) < 4.78 is -1.61. The Labute approximate surface area is 83.3 Å². The fourth-order valence-electron chi connectivity index (χ4n) is 0. The first-order chi connectivity index (χ1) is 3.91. The van der Waals surface area contributed by atoms with E-state index >= 15 is 0 Å². The predicted octanol–water partition coefficient (Wildman–Crippen LogP) is 4.18. The van der Waals surface area contributed by atoms with Crippen LogP contribution in [-0.2, 0) is 0 Å². The Morgan fingerprint density at radius 1 is 0.889 bits per heavy atom. The van der Waals surface area contributed by atoms with Crippen molar-refractivity contribution in [2.24, 2.45) is 0 Å². The highest BCUT2D eigenvalue weighted by Crippen LogP contribution is 2.29. The Bertz CT molecular complexity index is 44.3. The number of hydrogen-bond donors (Lipinski definition) is 0. The SMILES string of the molecule is CSSC.ClC(Cl)(Cl)Cl. The molecule has 0 saturated carbocycles. The van der Waals surface area contributed by atoms with E-state index in [9.17, 15) is 0 Å². The highest BCUT2D eigenvalue weighted by Gasteiger charge is 2.11. The summed E-state index contributed by atoms with van der Waals surface area (Å²) in [5.41, 5.74) is 0. The Morgan fingerprint density at radius 2 is 1.00 bits per heavy atom. The lowest BCUT2D eigenvalue weighted by Crippen LogP contribution is -1.81. The van der Waals surface area contributed by atoms with E-state index in [0.717, 1.165) is 0 Å². The third-order valence-electron chi connectivity index (χ3n) is 0.167. The summed E-state index contributed by atoms with van der Waals surface area (Å²) in [6.07, 6.45) is 4.12. The maximum absolute atomic E-state index is 4.83. The van der Waals surface area contributed by atoms with Crippen LogP contribution in [0, 0.1) is 0 Å². The van der Waals surface area contributed by atoms with Crippen LogP contribution < -0.4 is 0 Å². The zero-order valence-electron chi connectivity index (χ0n) is 4.83. The molecule has 0 aromatic rings. The second-order valence-electron chi connectivity index (χ2n) is 0.762. The summed E-state index contributed by atoms with van der Waals surface area (Å²) in [6, 6.07) is 0. The van der Waals surface area contributed by atoms with Gasteiger partial charge in [-0.1, -0.05) is 68.0 Å². The number of rotatable bonds is 1. The molecule has 0 fully saturated rings.